The maximum atomic E-state index is 13.0. The Bertz CT molecular complexity index is 721. The second kappa shape index (κ2) is 7.54. The van der Waals surface area contributed by atoms with Crippen LogP contribution in [0.1, 0.15) is 30.4 Å². The lowest BCUT2D eigenvalue weighted by Crippen LogP contribution is -2.34. The molecule has 124 valence electrons. The molecule has 3 heteroatoms. The lowest BCUT2D eigenvalue weighted by molar-refractivity contribution is -0.118. The molecule has 1 atom stereocenters. The van der Waals surface area contributed by atoms with Crippen molar-refractivity contribution >= 4 is 11.4 Å². The van der Waals surface area contributed by atoms with Gasteiger partial charge >= 0.3 is 0 Å². The first-order valence-electron chi connectivity index (χ1n) is 8.36. The van der Waals surface area contributed by atoms with Crippen LogP contribution in [0, 0.1) is 5.82 Å². The molecule has 1 aliphatic heterocycles. The predicted molar refractivity (Wildman–Crippen MR) is 95.3 cm³/mol. The number of Topliss-reactive ketones (excluding diaryl/α,β-unsaturated/α-hetero) is 1. The van der Waals surface area contributed by atoms with E-state index >= 15 is 0 Å². The summed E-state index contributed by atoms with van der Waals surface area (Å²) in [5.74, 6) is -0.0783. The number of nitrogens with zero attached hydrogens (tertiary/aromatic N) is 1. The lowest BCUT2D eigenvalue weighted by Gasteiger charge is -2.29. The van der Waals surface area contributed by atoms with Gasteiger partial charge in [0.05, 0.1) is 5.92 Å². The van der Waals surface area contributed by atoms with Crippen molar-refractivity contribution in [1.82, 2.24) is 4.90 Å². The minimum atomic E-state index is -0.205. The normalized spacial score (nSPS) is 16.5. The molecule has 0 fully saturated rings. The zero-order valence-electron chi connectivity index (χ0n) is 13.9. The number of halogens is 1. The SMILES string of the molecule is CC(=O)C(CN1CC=C(c2ccc(F)cc2)CC1)c1ccccc1. The summed E-state index contributed by atoms with van der Waals surface area (Å²) in [7, 11) is 0. The van der Waals surface area contributed by atoms with Gasteiger partial charge in [0.15, 0.2) is 0 Å². The fourth-order valence-corrected chi connectivity index (χ4v) is 3.22. The highest BCUT2D eigenvalue weighted by Gasteiger charge is 2.22. The Morgan fingerprint density at radius 1 is 1.12 bits per heavy atom. The van der Waals surface area contributed by atoms with Gasteiger partial charge in [-0.15, -0.1) is 0 Å². The first-order chi connectivity index (χ1) is 11.6. The van der Waals surface area contributed by atoms with E-state index in [1.807, 2.05) is 42.5 Å². The van der Waals surface area contributed by atoms with Crippen LogP contribution in [0.3, 0.4) is 0 Å². The predicted octanol–water partition coefficient (Wildman–Crippen LogP) is 4.29. The van der Waals surface area contributed by atoms with E-state index in [9.17, 15) is 9.18 Å². The van der Waals surface area contributed by atoms with Crippen molar-refractivity contribution in [2.45, 2.75) is 19.3 Å². The Kier molecular flexibility index (Phi) is 5.21. The monoisotopic (exact) mass is 323 g/mol. The van der Waals surface area contributed by atoms with Crippen molar-refractivity contribution < 1.29 is 9.18 Å². The fraction of sp³-hybridized carbons (Fsp3) is 0.286. The summed E-state index contributed by atoms with van der Waals surface area (Å²) in [4.78, 5) is 14.4. The van der Waals surface area contributed by atoms with E-state index in [0.29, 0.717) is 0 Å². The van der Waals surface area contributed by atoms with Crippen LogP contribution in [-0.4, -0.2) is 30.3 Å². The molecule has 1 unspecified atom stereocenters. The molecule has 24 heavy (non-hydrogen) atoms. The van der Waals surface area contributed by atoms with Crippen LogP contribution in [0.2, 0.25) is 0 Å². The molecule has 3 rings (SSSR count). The Morgan fingerprint density at radius 2 is 1.83 bits per heavy atom. The number of carbonyl (C=O) groups is 1. The molecule has 0 spiro atoms. The standard InChI is InChI=1S/C21H22FNO/c1-16(24)21(19-5-3-2-4-6-19)15-23-13-11-18(12-14-23)17-7-9-20(22)10-8-17/h2-11,21H,12-15H2,1H3. The summed E-state index contributed by atoms with van der Waals surface area (Å²) in [5.41, 5.74) is 3.42. The molecule has 0 saturated carbocycles. The minimum absolute atomic E-state index is 0.0769. The number of ketones is 1. The zero-order chi connectivity index (χ0) is 16.9. The quantitative estimate of drug-likeness (QED) is 0.818. The summed E-state index contributed by atoms with van der Waals surface area (Å²) in [6.07, 6.45) is 3.12. The van der Waals surface area contributed by atoms with Gasteiger partial charge in [-0.3, -0.25) is 9.69 Å². The molecular weight excluding hydrogens is 301 g/mol. The van der Waals surface area contributed by atoms with Gasteiger partial charge in [-0.05, 0) is 42.2 Å². The van der Waals surface area contributed by atoms with Crippen LogP contribution in [0.25, 0.3) is 5.57 Å². The highest BCUT2D eigenvalue weighted by molar-refractivity contribution is 5.83. The minimum Gasteiger partial charge on any atom is -0.299 e. The highest BCUT2D eigenvalue weighted by Crippen LogP contribution is 2.25. The second-order valence-corrected chi connectivity index (χ2v) is 6.32. The number of benzene rings is 2. The number of hydrogen-bond acceptors (Lipinski definition) is 2. The molecular formula is C21H22FNO. The molecule has 0 amide bonds. The van der Waals surface area contributed by atoms with Gasteiger partial charge in [0.1, 0.15) is 11.6 Å². The molecule has 2 aromatic carbocycles. The molecule has 1 heterocycles. The molecule has 0 radical (unpaired) electrons. The van der Waals surface area contributed by atoms with E-state index in [-0.39, 0.29) is 17.5 Å². The van der Waals surface area contributed by atoms with E-state index in [0.717, 1.165) is 37.2 Å². The van der Waals surface area contributed by atoms with Crippen molar-refractivity contribution in [3.63, 3.8) is 0 Å². The van der Waals surface area contributed by atoms with Gasteiger partial charge in [0, 0.05) is 19.6 Å². The van der Waals surface area contributed by atoms with E-state index in [1.54, 1.807) is 6.92 Å². The third kappa shape index (κ3) is 3.98. The molecule has 0 bridgehead atoms. The largest absolute Gasteiger partial charge is 0.299 e. The summed E-state index contributed by atoms with van der Waals surface area (Å²) < 4.78 is 13.0. The average molecular weight is 323 g/mol. The number of carbonyl (C=O) groups excluding carboxylic acids is 1. The zero-order valence-corrected chi connectivity index (χ0v) is 13.9. The Morgan fingerprint density at radius 3 is 2.42 bits per heavy atom. The molecule has 1 aliphatic rings. The first kappa shape index (κ1) is 16.6. The van der Waals surface area contributed by atoms with Gasteiger partial charge in [0.2, 0.25) is 0 Å². The summed E-state index contributed by atoms with van der Waals surface area (Å²) >= 11 is 0. The summed E-state index contributed by atoms with van der Waals surface area (Å²) in [6, 6.07) is 16.7. The smallest absolute Gasteiger partial charge is 0.138 e. The number of rotatable bonds is 5. The molecule has 0 aromatic heterocycles. The van der Waals surface area contributed by atoms with E-state index in [4.69, 9.17) is 0 Å². The van der Waals surface area contributed by atoms with Crippen LogP contribution in [0.5, 0.6) is 0 Å². The van der Waals surface area contributed by atoms with Crippen LogP contribution in [0.15, 0.2) is 60.7 Å². The van der Waals surface area contributed by atoms with Crippen molar-refractivity contribution in [3.8, 4) is 0 Å². The molecule has 0 aliphatic carbocycles. The van der Waals surface area contributed by atoms with E-state index in [1.165, 1.54) is 17.7 Å². The van der Waals surface area contributed by atoms with Crippen LogP contribution in [-0.2, 0) is 4.79 Å². The first-order valence-corrected chi connectivity index (χ1v) is 8.36. The fourth-order valence-electron chi connectivity index (χ4n) is 3.22. The van der Waals surface area contributed by atoms with Gasteiger partial charge in [-0.1, -0.05) is 48.5 Å². The highest BCUT2D eigenvalue weighted by atomic mass is 19.1. The van der Waals surface area contributed by atoms with Gasteiger partial charge < -0.3 is 0 Å². The van der Waals surface area contributed by atoms with E-state index in [2.05, 4.69) is 11.0 Å². The van der Waals surface area contributed by atoms with E-state index < -0.39 is 0 Å². The number of hydrogen-bond donors (Lipinski definition) is 0. The third-order valence-corrected chi connectivity index (χ3v) is 4.64. The third-order valence-electron chi connectivity index (χ3n) is 4.64. The Hall–Kier alpha value is -2.26. The van der Waals surface area contributed by atoms with Crippen LogP contribution < -0.4 is 0 Å². The van der Waals surface area contributed by atoms with Crippen molar-refractivity contribution in [2.24, 2.45) is 0 Å². The van der Waals surface area contributed by atoms with Crippen molar-refractivity contribution in [1.29, 1.82) is 0 Å². The lowest BCUT2D eigenvalue weighted by atomic mass is 9.93. The maximum Gasteiger partial charge on any atom is 0.138 e. The second-order valence-electron chi connectivity index (χ2n) is 6.32. The van der Waals surface area contributed by atoms with Crippen LogP contribution >= 0.6 is 0 Å². The molecule has 2 nitrogen and oxygen atoms in total. The molecule has 0 saturated heterocycles. The van der Waals surface area contributed by atoms with Crippen LogP contribution in [0.4, 0.5) is 4.39 Å². The molecule has 2 aromatic rings. The molecule has 0 N–H and O–H groups in total. The Labute approximate surface area is 142 Å². The van der Waals surface area contributed by atoms with Gasteiger partial charge in [-0.25, -0.2) is 4.39 Å². The summed E-state index contributed by atoms with van der Waals surface area (Å²) in [5, 5.41) is 0. The Balaban J connectivity index is 1.67. The van der Waals surface area contributed by atoms with Crippen molar-refractivity contribution in [2.75, 3.05) is 19.6 Å². The van der Waals surface area contributed by atoms with Gasteiger partial charge in [-0.2, -0.15) is 0 Å². The van der Waals surface area contributed by atoms with Gasteiger partial charge in [0.25, 0.3) is 0 Å². The topological polar surface area (TPSA) is 20.3 Å². The van der Waals surface area contributed by atoms with Crippen molar-refractivity contribution in [3.05, 3.63) is 77.6 Å². The average Bonchev–Trinajstić information content (AvgIpc) is 2.61. The summed E-state index contributed by atoms with van der Waals surface area (Å²) in [6.45, 7) is 4.15. The maximum absolute atomic E-state index is 13.0.